The number of nitrogens with zero attached hydrogens (tertiary/aromatic N) is 6. The molecular formula is C22H29N7. The molecule has 1 aliphatic rings. The van der Waals surface area contributed by atoms with E-state index in [-0.39, 0.29) is 0 Å². The fourth-order valence-corrected chi connectivity index (χ4v) is 3.92. The van der Waals surface area contributed by atoms with Gasteiger partial charge in [0.25, 0.3) is 0 Å². The number of rotatable bonds is 4. The Balaban J connectivity index is 1.32. The monoisotopic (exact) mass is 391 g/mol. The molecule has 0 saturated carbocycles. The third kappa shape index (κ3) is 4.04. The van der Waals surface area contributed by atoms with Crippen LogP contribution in [0.2, 0.25) is 0 Å². The average Bonchev–Trinajstić information content (AvgIpc) is 3.17. The zero-order valence-corrected chi connectivity index (χ0v) is 17.5. The van der Waals surface area contributed by atoms with Crippen LogP contribution in [0.3, 0.4) is 0 Å². The highest BCUT2D eigenvalue weighted by Crippen LogP contribution is 2.23. The Labute approximate surface area is 172 Å². The van der Waals surface area contributed by atoms with Crippen LogP contribution in [0.25, 0.3) is 5.65 Å². The van der Waals surface area contributed by atoms with E-state index in [1.807, 2.05) is 35.8 Å². The predicted molar refractivity (Wildman–Crippen MR) is 118 cm³/mol. The second kappa shape index (κ2) is 8.51. The molecule has 1 N–H and O–H groups in total. The molecule has 1 saturated heterocycles. The van der Waals surface area contributed by atoms with E-state index < -0.39 is 0 Å². The van der Waals surface area contributed by atoms with Crippen molar-refractivity contribution in [3.05, 3.63) is 59.5 Å². The molecule has 3 aromatic rings. The van der Waals surface area contributed by atoms with E-state index in [0.717, 1.165) is 56.6 Å². The highest BCUT2D eigenvalue weighted by atomic mass is 15.3. The summed E-state index contributed by atoms with van der Waals surface area (Å²) in [5.74, 6) is 1.92. The van der Waals surface area contributed by atoms with Gasteiger partial charge >= 0.3 is 0 Å². The molecule has 2 aromatic heterocycles. The van der Waals surface area contributed by atoms with E-state index in [1.165, 1.54) is 16.8 Å². The van der Waals surface area contributed by atoms with Gasteiger partial charge in [0.1, 0.15) is 5.82 Å². The molecule has 7 heteroatoms. The van der Waals surface area contributed by atoms with Crippen molar-refractivity contribution in [3.8, 4) is 0 Å². The predicted octanol–water partition coefficient (Wildman–Crippen LogP) is 2.29. The lowest BCUT2D eigenvalue weighted by molar-refractivity contribution is 0.372. The minimum Gasteiger partial charge on any atom is -0.368 e. The van der Waals surface area contributed by atoms with Crippen LogP contribution >= 0.6 is 0 Å². The lowest BCUT2D eigenvalue weighted by atomic mass is 10.1. The summed E-state index contributed by atoms with van der Waals surface area (Å²) in [6.45, 7) is 9.09. The van der Waals surface area contributed by atoms with Crippen LogP contribution in [0.5, 0.6) is 0 Å². The molecule has 0 bridgehead atoms. The first-order valence-corrected chi connectivity index (χ1v) is 10.2. The van der Waals surface area contributed by atoms with Gasteiger partial charge in [0.2, 0.25) is 0 Å². The van der Waals surface area contributed by atoms with Gasteiger partial charge in [0.15, 0.2) is 11.6 Å². The van der Waals surface area contributed by atoms with Gasteiger partial charge in [0, 0.05) is 58.1 Å². The maximum atomic E-state index is 4.49. The van der Waals surface area contributed by atoms with Crippen LogP contribution in [-0.4, -0.2) is 65.2 Å². The minimum absolute atomic E-state index is 0.777. The Kier molecular flexibility index (Phi) is 5.64. The van der Waals surface area contributed by atoms with E-state index in [9.17, 15) is 0 Å². The average molecular weight is 392 g/mol. The van der Waals surface area contributed by atoms with Crippen LogP contribution in [0.1, 0.15) is 17.0 Å². The van der Waals surface area contributed by atoms with Crippen molar-refractivity contribution in [2.24, 2.45) is 4.99 Å². The number of piperazine rings is 1. The normalized spacial score (nSPS) is 15.2. The fourth-order valence-electron chi connectivity index (χ4n) is 3.92. The maximum absolute atomic E-state index is 4.49. The van der Waals surface area contributed by atoms with Crippen molar-refractivity contribution >= 4 is 17.3 Å². The van der Waals surface area contributed by atoms with Gasteiger partial charge in [-0.1, -0.05) is 18.2 Å². The number of benzene rings is 1. The number of hydrogen-bond donors (Lipinski definition) is 1. The Morgan fingerprint density at radius 3 is 2.66 bits per heavy atom. The molecule has 0 unspecified atom stereocenters. The zero-order valence-electron chi connectivity index (χ0n) is 17.5. The molecule has 0 aliphatic carbocycles. The Hall–Kier alpha value is -3.09. The largest absolute Gasteiger partial charge is 0.368 e. The quantitative estimate of drug-likeness (QED) is 0.546. The van der Waals surface area contributed by atoms with Crippen molar-refractivity contribution in [1.29, 1.82) is 0 Å². The standard InChI is InChI=1S/C22H29N7/c1-17-7-6-8-19(18(17)2)27-13-15-28(16-14-27)22(23-3)24-11-10-21-26-25-20-9-4-5-12-29(20)21/h4-9,12H,10-11,13-16H2,1-3H3,(H,23,24). The van der Waals surface area contributed by atoms with Gasteiger partial charge in [-0.2, -0.15) is 0 Å². The van der Waals surface area contributed by atoms with E-state index >= 15 is 0 Å². The molecule has 1 fully saturated rings. The van der Waals surface area contributed by atoms with Crippen molar-refractivity contribution in [2.75, 3.05) is 44.7 Å². The van der Waals surface area contributed by atoms with Gasteiger partial charge < -0.3 is 15.1 Å². The summed E-state index contributed by atoms with van der Waals surface area (Å²) in [7, 11) is 1.85. The first-order chi connectivity index (χ1) is 14.2. The van der Waals surface area contributed by atoms with Crippen molar-refractivity contribution in [1.82, 2.24) is 24.8 Å². The van der Waals surface area contributed by atoms with E-state index in [4.69, 9.17) is 0 Å². The van der Waals surface area contributed by atoms with Crippen LogP contribution in [0, 0.1) is 13.8 Å². The molecule has 7 nitrogen and oxygen atoms in total. The SMILES string of the molecule is CN=C(NCCc1nnc2ccccn12)N1CCN(c2cccc(C)c2C)CC1. The van der Waals surface area contributed by atoms with Gasteiger partial charge in [0.05, 0.1) is 0 Å². The summed E-state index contributed by atoms with van der Waals surface area (Å²) in [6.07, 6.45) is 2.80. The molecule has 0 spiro atoms. The number of fused-ring (bicyclic) bond motifs is 1. The van der Waals surface area contributed by atoms with Crippen LogP contribution < -0.4 is 10.2 Å². The molecule has 1 aliphatic heterocycles. The summed E-state index contributed by atoms with van der Waals surface area (Å²) in [6, 6.07) is 12.5. The second-order valence-corrected chi connectivity index (χ2v) is 7.46. The first kappa shape index (κ1) is 19.2. The number of anilines is 1. The molecule has 0 atom stereocenters. The lowest BCUT2D eigenvalue weighted by Gasteiger charge is -2.38. The third-order valence-corrected chi connectivity index (χ3v) is 5.72. The molecule has 0 amide bonds. The Bertz CT molecular complexity index is 999. The zero-order chi connectivity index (χ0) is 20.2. The Morgan fingerprint density at radius 1 is 1.03 bits per heavy atom. The number of guanidine groups is 1. The number of aliphatic imine (C=N–C) groups is 1. The number of aryl methyl sites for hydroxylation is 1. The van der Waals surface area contributed by atoms with Crippen molar-refractivity contribution < 1.29 is 0 Å². The van der Waals surface area contributed by atoms with E-state index in [0.29, 0.717) is 0 Å². The van der Waals surface area contributed by atoms with Gasteiger partial charge in [-0.05, 0) is 43.2 Å². The van der Waals surface area contributed by atoms with Crippen LogP contribution in [-0.2, 0) is 6.42 Å². The van der Waals surface area contributed by atoms with Crippen LogP contribution in [0.15, 0.2) is 47.6 Å². The number of hydrogen-bond acceptors (Lipinski definition) is 4. The topological polar surface area (TPSA) is 61.1 Å². The molecule has 29 heavy (non-hydrogen) atoms. The number of pyridine rings is 1. The van der Waals surface area contributed by atoms with E-state index in [2.05, 4.69) is 62.4 Å². The second-order valence-electron chi connectivity index (χ2n) is 7.46. The third-order valence-electron chi connectivity index (χ3n) is 5.72. The van der Waals surface area contributed by atoms with Crippen molar-refractivity contribution in [3.63, 3.8) is 0 Å². The summed E-state index contributed by atoms with van der Waals surface area (Å²) < 4.78 is 2.04. The Morgan fingerprint density at radius 2 is 1.86 bits per heavy atom. The van der Waals surface area contributed by atoms with Gasteiger partial charge in [-0.25, -0.2) is 0 Å². The minimum atomic E-state index is 0.777. The van der Waals surface area contributed by atoms with Crippen LogP contribution in [0.4, 0.5) is 5.69 Å². The number of aromatic nitrogens is 3. The van der Waals surface area contributed by atoms with Crippen molar-refractivity contribution in [2.45, 2.75) is 20.3 Å². The molecule has 0 radical (unpaired) electrons. The van der Waals surface area contributed by atoms with Gasteiger partial charge in [-0.15, -0.1) is 10.2 Å². The molecule has 1 aromatic carbocycles. The molecular weight excluding hydrogens is 362 g/mol. The summed E-state index contributed by atoms with van der Waals surface area (Å²) in [4.78, 5) is 9.31. The smallest absolute Gasteiger partial charge is 0.193 e. The molecule has 4 rings (SSSR count). The highest BCUT2D eigenvalue weighted by Gasteiger charge is 2.21. The molecule has 3 heterocycles. The maximum Gasteiger partial charge on any atom is 0.193 e. The summed E-state index contributed by atoms with van der Waals surface area (Å²) in [5, 5.41) is 12.0. The number of nitrogens with one attached hydrogen (secondary N) is 1. The lowest BCUT2D eigenvalue weighted by Crippen LogP contribution is -2.53. The fraction of sp³-hybridized carbons (Fsp3) is 0.409. The van der Waals surface area contributed by atoms with E-state index in [1.54, 1.807) is 0 Å². The van der Waals surface area contributed by atoms with Gasteiger partial charge in [-0.3, -0.25) is 9.39 Å². The highest BCUT2D eigenvalue weighted by molar-refractivity contribution is 5.80. The summed E-state index contributed by atoms with van der Waals surface area (Å²) in [5.41, 5.74) is 4.97. The molecule has 152 valence electrons. The summed E-state index contributed by atoms with van der Waals surface area (Å²) >= 11 is 0. The first-order valence-electron chi connectivity index (χ1n) is 10.2.